The normalized spacial score (nSPS) is 34.3. The van der Waals surface area contributed by atoms with Gasteiger partial charge in [0.05, 0.1) is 11.5 Å². The fraction of sp³-hybridized carbons (Fsp3) is 0.882. The van der Waals surface area contributed by atoms with E-state index >= 15 is 0 Å². The maximum Gasteiger partial charge on any atom is 0.230 e. The molecule has 0 bridgehead atoms. The molecule has 3 aliphatic rings. The van der Waals surface area contributed by atoms with E-state index in [4.69, 9.17) is 0 Å². The second-order valence-electron chi connectivity index (χ2n) is 7.27. The van der Waals surface area contributed by atoms with Crippen LogP contribution in [0.4, 0.5) is 0 Å². The lowest BCUT2D eigenvalue weighted by atomic mass is 9.71. The van der Waals surface area contributed by atoms with Crippen molar-refractivity contribution in [3.8, 4) is 0 Å². The summed E-state index contributed by atoms with van der Waals surface area (Å²) in [6.07, 6.45) is 8.18. The fourth-order valence-corrected chi connectivity index (χ4v) is 4.42. The molecule has 0 unspecified atom stereocenters. The van der Waals surface area contributed by atoms with Crippen molar-refractivity contribution in [1.29, 1.82) is 0 Å². The molecule has 5 heteroatoms. The van der Waals surface area contributed by atoms with E-state index in [1.54, 1.807) is 0 Å². The van der Waals surface area contributed by atoms with Crippen LogP contribution in [-0.2, 0) is 9.59 Å². The molecule has 1 saturated carbocycles. The first-order chi connectivity index (χ1) is 10.6. The molecule has 2 aliphatic heterocycles. The summed E-state index contributed by atoms with van der Waals surface area (Å²) in [5, 5.41) is 13.3. The number of likely N-dealkylation sites (tertiary alicyclic amines) is 1. The van der Waals surface area contributed by atoms with Gasteiger partial charge in [-0.3, -0.25) is 9.59 Å². The van der Waals surface area contributed by atoms with Crippen molar-refractivity contribution in [2.45, 2.75) is 63.9 Å². The van der Waals surface area contributed by atoms with Crippen LogP contribution in [0.15, 0.2) is 0 Å². The van der Waals surface area contributed by atoms with Gasteiger partial charge in [-0.1, -0.05) is 25.7 Å². The van der Waals surface area contributed by atoms with Crippen LogP contribution >= 0.6 is 0 Å². The number of hydrogen-bond acceptors (Lipinski definition) is 3. The van der Waals surface area contributed by atoms with E-state index in [9.17, 15) is 14.7 Å². The van der Waals surface area contributed by atoms with Crippen molar-refractivity contribution in [3.63, 3.8) is 0 Å². The van der Waals surface area contributed by atoms with Crippen LogP contribution in [0.25, 0.3) is 0 Å². The molecule has 3 rings (SSSR count). The van der Waals surface area contributed by atoms with Crippen molar-refractivity contribution in [2.24, 2.45) is 11.3 Å². The maximum atomic E-state index is 12.9. The van der Waals surface area contributed by atoms with E-state index < -0.39 is 11.5 Å². The highest BCUT2D eigenvalue weighted by Crippen LogP contribution is 2.38. The van der Waals surface area contributed by atoms with Gasteiger partial charge in [0.2, 0.25) is 11.8 Å². The van der Waals surface area contributed by atoms with Gasteiger partial charge in [-0.15, -0.1) is 0 Å². The largest absolute Gasteiger partial charge is 0.392 e. The van der Waals surface area contributed by atoms with Gasteiger partial charge in [-0.05, 0) is 32.1 Å². The number of aliphatic hydroxyl groups excluding tert-OH is 1. The first-order valence-corrected chi connectivity index (χ1v) is 8.89. The van der Waals surface area contributed by atoms with Crippen molar-refractivity contribution in [2.75, 3.05) is 19.6 Å². The molecule has 1 aliphatic carbocycles. The van der Waals surface area contributed by atoms with Gasteiger partial charge in [0, 0.05) is 25.6 Å². The number of aliphatic hydroxyl groups is 1. The van der Waals surface area contributed by atoms with Gasteiger partial charge in [-0.25, -0.2) is 0 Å². The average molecular weight is 308 g/mol. The number of rotatable bonds is 1. The molecule has 2 amide bonds. The van der Waals surface area contributed by atoms with E-state index in [2.05, 4.69) is 5.32 Å². The zero-order valence-corrected chi connectivity index (χ0v) is 13.4. The zero-order valence-electron chi connectivity index (χ0n) is 13.4. The Balaban J connectivity index is 1.72. The van der Waals surface area contributed by atoms with Crippen LogP contribution in [0.2, 0.25) is 0 Å². The molecule has 124 valence electrons. The minimum atomic E-state index is -0.767. The van der Waals surface area contributed by atoms with Gasteiger partial charge < -0.3 is 15.3 Å². The van der Waals surface area contributed by atoms with Gasteiger partial charge in [0.15, 0.2) is 0 Å². The molecule has 1 spiro atoms. The Morgan fingerprint density at radius 2 is 1.86 bits per heavy atom. The minimum Gasteiger partial charge on any atom is -0.392 e. The number of hydrogen-bond donors (Lipinski definition) is 2. The highest BCUT2D eigenvalue weighted by atomic mass is 16.3. The van der Waals surface area contributed by atoms with Crippen LogP contribution in [0.5, 0.6) is 0 Å². The lowest BCUT2D eigenvalue weighted by Crippen LogP contribution is -2.62. The Hall–Kier alpha value is -1.10. The van der Waals surface area contributed by atoms with Gasteiger partial charge >= 0.3 is 0 Å². The van der Waals surface area contributed by atoms with Crippen molar-refractivity contribution >= 4 is 11.8 Å². The Bertz CT molecular complexity index is 432. The standard InChI is InChI=1S/C17H28N2O3/c20-14-8-11-19(12-17(14)9-5-10-18-16(17)22)15(21)13-6-3-1-2-4-7-13/h13-14,20H,1-12H2,(H,18,22)/t14-,17+/m0/s1. The molecule has 2 N–H and O–H groups in total. The van der Waals surface area contributed by atoms with Crippen LogP contribution in [0.1, 0.15) is 57.8 Å². The fourth-order valence-electron chi connectivity index (χ4n) is 4.42. The monoisotopic (exact) mass is 308 g/mol. The number of nitrogens with zero attached hydrogens (tertiary/aromatic N) is 1. The molecule has 0 aromatic carbocycles. The van der Waals surface area contributed by atoms with E-state index in [1.165, 1.54) is 12.8 Å². The zero-order chi connectivity index (χ0) is 15.6. The Kier molecular flexibility index (Phi) is 4.71. The van der Waals surface area contributed by atoms with Crippen LogP contribution in [-0.4, -0.2) is 47.6 Å². The van der Waals surface area contributed by atoms with Crippen molar-refractivity contribution < 1.29 is 14.7 Å². The SMILES string of the molecule is O=C(C1CCCCCC1)N1CC[C@H](O)[C@@]2(CCCNC2=O)C1. The lowest BCUT2D eigenvalue weighted by Gasteiger charge is -2.47. The molecule has 3 fully saturated rings. The minimum absolute atomic E-state index is 0.0652. The molecule has 2 saturated heterocycles. The van der Waals surface area contributed by atoms with E-state index in [1.807, 2.05) is 4.90 Å². The summed E-state index contributed by atoms with van der Waals surface area (Å²) in [6, 6.07) is 0. The Labute approximate surface area is 132 Å². The predicted molar refractivity (Wildman–Crippen MR) is 83.1 cm³/mol. The molecule has 5 nitrogen and oxygen atoms in total. The Morgan fingerprint density at radius 1 is 1.14 bits per heavy atom. The van der Waals surface area contributed by atoms with Crippen molar-refractivity contribution in [1.82, 2.24) is 10.2 Å². The quantitative estimate of drug-likeness (QED) is 0.720. The van der Waals surface area contributed by atoms with Gasteiger partial charge in [0.25, 0.3) is 0 Å². The van der Waals surface area contributed by atoms with Gasteiger partial charge in [0.1, 0.15) is 0 Å². The summed E-state index contributed by atoms with van der Waals surface area (Å²) in [4.78, 5) is 27.1. The first kappa shape index (κ1) is 15.8. The molecule has 2 atom stereocenters. The molecule has 0 aromatic heterocycles. The van der Waals surface area contributed by atoms with Crippen LogP contribution in [0, 0.1) is 11.3 Å². The lowest BCUT2D eigenvalue weighted by molar-refractivity contribution is -0.156. The number of carbonyl (C=O) groups is 2. The van der Waals surface area contributed by atoms with Crippen LogP contribution in [0.3, 0.4) is 0 Å². The van der Waals surface area contributed by atoms with Crippen LogP contribution < -0.4 is 5.32 Å². The van der Waals surface area contributed by atoms with Crippen molar-refractivity contribution in [3.05, 3.63) is 0 Å². The summed E-state index contributed by atoms with van der Waals surface area (Å²) >= 11 is 0. The summed E-state index contributed by atoms with van der Waals surface area (Å²) in [5.41, 5.74) is -0.767. The summed E-state index contributed by atoms with van der Waals surface area (Å²) < 4.78 is 0. The molecular weight excluding hydrogens is 280 g/mol. The molecular formula is C17H28N2O3. The highest BCUT2D eigenvalue weighted by molar-refractivity contribution is 5.86. The third-order valence-electron chi connectivity index (χ3n) is 5.84. The number of amides is 2. The summed E-state index contributed by atoms with van der Waals surface area (Å²) in [5.74, 6) is 0.276. The second kappa shape index (κ2) is 6.57. The first-order valence-electron chi connectivity index (χ1n) is 8.89. The number of carbonyl (C=O) groups excluding carboxylic acids is 2. The Morgan fingerprint density at radius 3 is 2.55 bits per heavy atom. The second-order valence-corrected chi connectivity index (χ2v) is 7.27. The third-order valence-corrected chi connectivity index (χ3v) is 5.84. The van der Waals surface area contributed by atoms with Gasteiger partial charge in [-0.2, -0.15) is 0 Å². The topological polar surface area (TPSA) is 69.6 Å². The van der Waals surface area contributed by atoms with E-state index in [0.717, 1.165) is 32.1 Å². The highest BCUT2D eigenvalue weighted by Gasteiger charge is 2.51. The smallest absolute Gasteiger partial charge is 0.230 e. The predicted octanol–water partition coefficient (Wildman–Crippen LogP) is 1.45. The summed E-state index contributed by atoms with van der Waals surface area (Å²) in [7, 11) is 0. The molecule has 0 aromatic rings. The van der Waals surface area contributed by atoms with E-state index in [0.29, 0.717) is 32.5 Å². The number of piperidine rings is 2. The molecule has 2 heterocycles. The molecule has 22 heavy (non-hydrogen) atoms. The maximum absolute atomic E-state index is 12.9. The third kappa shape index (κ3) is 2.87. The average Bonchev–Trinajstić information content (AvgIpc) is 2.81. The summed E-state index contributed by atoms with van der Waals surface area (Å²) in [6.45, 7) is 1.67. The van der Waals surface area contributed by atoms with E-state index in [-0.39, 0.29) is 17.7 Å². The molecule has 0 radical (unpaired) electrons. The number of nitrogens with one attached hydrogen (secondary N) is 1.